The van der Waals surface area contributed by atoms with Gasteiger partial charge in [0.15, 0.2) is 5.69 Å². The summed E-state index contributed by atoms with van der Waals surface area (Å²) in [6, 6.07) is 10.9. The second-order valence-corrected chi connectivity index (χ2v) is 6.17. The third-order valence-corrected chi connectivity index (χ3v) is 4.42. The average molecular weight is 348 g/mol. The van der Waals surface area contributed by atoms with Gasteiger partial charge >= 0.3 is 0 Å². The van der Waals surface area contributed by atoms with E-state index in [4.69, 9.17) is 16.3 Å². The van der Waals surface area contributed by atoms with Crippen molar-refractivity contribution in [3.63, 3.8) is 0 Å². The van der Waals surface area contributed by atoms with E-state index in [1.807, 2.05) is 17.5 Å². The van der Waals surface area contributed by atoms with Gasteiger partial charge in [-0.2, -0.15) is 5.10 Å². The Balaban J connectivity index is 1.69. The molecule has 5 nitrogen and oxygen atoms in total. The maximum Gasteiger partial charge on any atom is 0.272 e. The summed E-state index contributed by atoms with van der Waals surface area (Å²) >= 11 is 7.57. The van der Waals surface area contributed by atoms with Crippen LogP contribution in [0.4, 0.5) is 0 Å². The second kappa shape index (κ2) is 6.85. The molecule has 118 valence electrons. The van der Waals surface area contributed by atoms with Crippen LogP contribution in [0.2, 0.25) is 5.02 Å². The van der Waals surface area contributed by atoms with Gasteiger partial charge < -0.3 is 10.1 Å². The summed E-state index contributed by atoms with van der Waals surface area (Å²) in [7, 11) is 1.58. The van der Waals surface area contributed by atoms with Gasteiger partial charge in [0, 0.05) is 17.1 Å². The first kappa shape index (κ1) is 15.6. The van der Waals surface area contributed by atoms with Crippen LogP contribution in [0.1, 0.15) is 16.1 Å². The minimum absolute atomic E-state index is 0.258. The molecule has 0 aliphatic rings. The van der Waals surface area contributed by atoms with E-state index in [0.29, 0.717) is 23.0 Å². The number of amides is 1. The van der Waals surface area contributed by atoms with E-state index in [2.05, 4.69) is 15.5 Å². The molecule has 1 aromatic carbocycles. The Morgan fingerprint density at radius 2 is 2.26 bits per heavy atom. The number of benzene rings is 1. The molecule has 0 bridgehead atoms. The van der Waals surface area contributed by atoms with Crippen molar-refractivity contribution < 1.29 is 9.53 Å². The Hall–Kier alpha value is -2.31. The Labute approximate surface area is 142 Å². The highest BCUT2D eigenvalue weighted by Gasteiger charge is 2.13. The number of nitrogens with zero attached hydrogens (tertiary/aromatic N) is 1. The van der Waals surface area contributed by atoms with Gasteiger partial charge in [0.05, 0.1) is 17.7 Å². The number of H-pyrrole nitrogens is 1. The molecule has 1 amide bonds. The zero-order chi connectivity index (χ0) is 16.2. The van der Waals surface area contributed by atoms with E-state index in [1.54, 1.807) is 42.7 Å². The highest BCUT2D eigenvalue weighted by atomic mass is 35.5. The highest BCUT2D eigenvalue weighted by molar-refractivity contribution is 7.13. The number of carbonyl (C=O) groups excluding carboxylic acids is 1. The average Bonchev–Trinajstić information content (AvgIpc) is 3.23. The van der Waals surface area contributed by atoms with E-state index in [9.17, 15) is 4.79 Å². The number of methoxy groups -OCH3 is 1. The van der Waals surface area contributed by atoms with Crippen LogP contribution in [0.5, 0.6) is 5.75 Å². The maximum atomic E-state index is 12.2. The zero-order valence-electron chi connectivity index (χ0n) is 12.3. The lowest BCUT2D eigenvalue weighted by molar-refractivity contribution is 0.0945. The predicted molar refractivity (Wildman–Crippen MR) is 91.1 cm³/mol. The molecule has 2 N–H and O–H groups in total. The minimum atomic E-state index is -0.258. The first-order valence-electron chi connectivity index (χ1n) is 6.87. The number of aromatic amines is 1. The fourth-order valence-corrected chi connectivity index (χ4v) is 3.03. The smallest absolute Gasteiger partial charge is 0.272 e. The Bertz CT molecular complexity index is 815. The monoisotopic (exact) mass is 347 g/mol. The fourth-order valence-electron chi connectivity index (χ4n) is 2.15. The Morgan fingerprint density at radius 1 is 1.39 bits per heavy atom. The molecule has 2 heterocycles. The molecule has 2 aromatic heterocycles. The number of halogens is 1. The van der Waals surface area contributed by atoms with Gasteiger partial charge in [0.2, 0.25) is 0 Å². The van der Waals surface area contributed by atoms with Gasteiger partial charge in [-0.05, 0) is 35.7 Å². The Kier molecular flexibility index (Phi) is 4.64. The second-order valence-electron chi connectivity index (χ2n) is 4.78. The molecule has 3 rings (SSSR count). The fraction of sp³-hybridized carbons (Fsp3) is 0.125. The normalized spacial score (nSPS) is 10.5. The van der Waals surface area contributed by atoms with E-state index < -0.39 is 0 Å². The van der Waals surface area contributed by atoms with Gasteiger partial charge in [-0.25, -0.2) is 0 Å². The molecular weight excluding hydrogens is 334 g/mol. The topological polar surface area (TPSA) is 67.0 Å². The van der Waals surface area contributed by atoms with Crippen LogP contribution >= 0.6 is 22.9 Å². The van der Waals surface area contributed by atoms with Gasteiger partial charge in [-0.1, -0.05) is 17.7 Å². The molecule has 0 unspecified atom stereocenters. The third kappa shape index (κ3) is 3.55. The lowest BCUT2D eigenvalue weighted by Crippen LogP contribution is -2.23. The van der Waals surface area contributed by atoms with Crippen molar-refractivity contribution in [2.45, 2.75) is 6.54 Å². The Morgan fingerprint density at radius 3 is 3.00 bits per heavy atom. The molecule has 23 heavy (non-hydrogen) atoms. The van der Waals surface area contributed by atoms with Gasteiger partial charge in [-0.3, -0.25) is 9.89 Å². The number of aromatic nitrogens is 2. The lowest BCUT2D eigenvalue weighted by atomic mass is 10.2. The van der Waals surface area contributed by atoms with Gasteiger partial charge in [0.25, 0.3) is 5.91 Å². The van der Waals surface area contributed by atoms with Crippen molar-refractivity contribution in [1.29, 1.82) is 0 Å². The van der Waals surface area contributed by atoms with Crippen molar-refractivity contribution in [3.05, 3.63) is 58.1 Å². The lowest BCUT2D eigenvalue weighted by Gasteiger charge is -2.09. The van der Waals surface area contributed by atoms with Crippen LogP contribution in [0.25, 0.3) is 10.6 Å². The quantitative estimate of drug-likeness (QED) is 0.739. The molecule has 0 radical (unpaired) electrons. The molecule has 0 aliphatic carbocycles. The van der Waals surface area contributed by atoms with Crippen LogP contribution in [0, 0.1) is 0 Å². The summed E-state index contributed by atoms with van der Waals surface area (Å²) in [5, 5.41) is 12.3. The number of nitrogens with one attached hydrogen (secondary N) is 2. The van der Waals surface area contributed by atoms with Crippen LogP contribution in [-0.2, 0) is 6.54 Å². The van der Waals surface area contributed by atoms with Crippen molar-refractivity contribution in [1.82, 2.24) is 15.5 Å². The number of thiophene rings is 1. The standard InChI is InChI=1S/C16H14ClN3O2S/c1-22-14-5-4-11(17)7-10(14)9-18-16(21)13-8-12(19-20-13)15-3-2-6-23-15/h2-8H,9H2,1H3,(H,18,21)(H,19,20). The minimum Gasteiger partial charge on any atom is -0.496 e. The molecule has 0 aliphatic heterocycles. The van der Waals surface area contributed by atoms with Gasteiger partial charge in [0.1, 0.15) is 5.75 Å². The van der Waals surface area contributed by atoms with E-state index in [0.717, 1.165) is 16.1 Å². The summed E-state index contributed by atoms with van der Waals surface area (Å²) in [6.07, 6.45) is 0. The number of carbonyl (C=O) groups is 1. The summed E-state index contributed by atoms with van der Waals surface area (Å²) in [5.41, 5.74) is 1.97. The number of ether oxygens (including phenoxy) is 1. The summed E-state index contributed by atoms with van der Waals surface area (Å²) in [5.74, 6) is 0.419. The predicted octanol–water partition coefficient (Wildman–Crippen LogP) is 3.73. The maximum absolute atomic E-state index is 12.2. The SMILES string of the molecule is COc1ccc(Cl)cc1CNC(=O)c1cc(-c2cccs2)[nH]n1. The van der Waals surface area contributed by atoms with Crippen LogP contribution in [-0.4, -0.2) is 23.2 Å². The van der Waals surface area contributed by atoms with E-state index in [-0.39, 0.29) is 5.91 Å². The van der Waals surface area contributed by atoms with E-state index >= 15 is 0 Å². The molecule has 0 saturated carbocycles. The summed E-state index contributed by atoms with van der Waals surface area (Å²) < 4.78 is 5.26. The van der Waals surface area contributed by atoms with Crippen molar-refractivity contribution in [3.8, 4) is 16.3 Å². The van der Waals surface area contributed by atoms with Crippen molar-refractivity contribution in [2.24, 2.45) is 0 Å². The van der Waals surface area contributed by atoms with Crippen LogP contribution in [0.3, 0.4) is 0 Å². The molecule has 0 spiro atoms. The molecule has 7 heteroatoms. The molecule has 0 saturated heterocycles. The number of hydrogen-bond acceptors (Lipinski definition) is 4. The molecule has 0 atom stereocenters. The van der Waals surface area contributed by atoms with Crippen LogP contribution < -0.4 is 10.1 Å². The highest BCUT2D eigenvalue weighted by Crippen LogP contribution is 2.24. The summed E-state index contributed by atoms with van der Waals surface area (Å²) in [6.45, 7) is 0.309. The number of hydrogen-bond donors (Lipinski definition) is 2. The zero-order valence-corrected chi connectivity index (χ0v) is 13.9. The van der Waals surface area contributed by atoms with Crippen molar-refractivity contribution in [2.75, 3.05) is 7.11 Å². The van der Waals surface area contributed by atoms with Crippen molar-refractivity contribution >= 4 is 28.8 Å². The molecular formula is C16H14ClN3O2S. The first-order chi connectivity index (χ1) is 11.2. The summed E-state index contributed by atoms with van der Waals surface area (Å²) in [4.78, 5) is 13.3. The molecule has 3 aromatic rings. The van der Waals surface area contributed by atoms with Crippen LogP contribution in [0.15, 0.2) is 41.8 Å². The van der Waals surface area contributed by atoms with Gasteiger partial charge in [-0.15, -0.1) is 11.3 Å². The number of rotatable bonds is 5. The largest absolute Gasteiger partial charge is 0.496 e. The first-order valence-corrected chi connectivity index (χ1v) is 8.13. The molecule has 0 fully saturated rings. The third-order valence-electron chi connectivity index (χ3n) is 3.28. The van der Waals surface area contributed by atoms with E-state index in [1.165, 1.54) is 0 Å².